The van der Waals surface area contributed by atoms with Crippen molar-refractivity contribution in [3.63, 3.8) is 0 Å². The first kappa shape index (κ1) is 16.9. The van der Waals surface area contributed by atoms with Gasteiger partial charge in [0.15, 0.2) is 0 Å². The van der Waals surface area contributed by atoms with Crippen molar-refractivity contribution in [1.82, 2.24) is 9.44 Å². The minimum Gasteiger partial charge on any atom is -0.384 e. The third kappa shape index (κ3) is 5.45. The van der Waals surface area contributed by atoms with E-state index in [2.05, 4.69) is 14.8 Å². The first-order valence-corrected chi connectivity index (χ1v) is 9.35. The van der Waals surface area contributed by atoms with Crippen LogP contribution in [-0.2, 0) is 20.0 Å². The summed E-state index contributed by atoms with van der Waals surface area (Å²) in [4.78, 5) is 0.165. The fraction of sp³-hybridized carbons (Fsp3) is 0.455. The highest BCUT2D eigenvalue weighted by atomic mass is 32.2. The number of benzene rings is 1. The number of sulfonamides is 2. The van der Waals surface area contributed by atoms with Crippen LogP contribution < -0.4 is 14.8 Å². The van der Waals surface area contributed by atoms with E-state index in [0.29, 0.717) is 25.2 Å². The second-order valence-electron chi connectivity index (χ2n) is 4.15. The molecule has 0 aliphatic heterocycles. The molecule has 0 saturated carbocycles. The molecule has 0 saturated heterocycles. The number of para-hydroxylation sites is 1. The molecule has 1 rings (SSSR count). The van der Waals surface area contributed by atoms with Gasteiger partial charge < -0.3 is 5.32 Å². The van der Waals surface area contributed by atoms with Crippen LogP contribution in [0.25, 0.3) is 0 Å². The molecule has 3 N–H and O–H groups in total. The van der Waals surface area contributed by atoms with Crippen LogP contribution in [0.15, 0.2) is 29.2 Å². The smallest absolute Gasteiger partial charge is 0.242 e. The zero-order chi connectivity index (χ0) is 15.2. The van der Waals surface area contributed by atoms with E-state index < -0.39 is 20.0 Å². The highest BCUT2D eigenvalue weighted by Gasteiger charge is 2.15. The second-order valence-corrected chi connectivity index (χ2v) is 7.84. The van der Waals surface area contributed by atoms with Crippen molar-refractivity contribution in [3.05, 3.63) is 24.3 Å². The van der Waals surface area contributed by atoms with Gasteiger partial charge in [0.2, 0.25) is 20.0 Å². The molecule has 0 atom stereocenters. The Hall–Kier alpha value is -1.16. The monoisotopic (exact) mass is 321 g/mol. The molecule has 0 aliphatic rings. The van der Waals surface area contributed by atoms with E-state index in [0.717, 1.165) is 6.26 Å². The highest BCUT2D eigenvalue weighted by Crippen LogP contribution is 2.19. The van der Waals surface area contributed by atoms with Gasteiger partial charge in [0.25, 0.3) is 0 Å². The molecule has 0 bridgehead atoms. The summed E-state index contributed by atoms with van der Waals surface area (Å²) in [6.07, 6.45) is 1.64. The highest BCUT2D eigenvalue weighted by molar-refractivity contribution is 7.89. The Bertz CT molecular complexity index is 641. The van der Waals surface area contributed by atoms with Crippen LogP contribution in [0.5, 0.6) is 0 Å². The summed E-state index contributed by atoms with van der Waals surface area (Å²) in [5.74, 6) is 0. The van der Waals surface area contributed by atoms with Crippen LogP contribution in [0.2, 0.25) is 0 Å². The van der Waals surface area contributed by atoms with Crippen LogP contribution in [0, 0.1) is 0 Å². The standard InChI is InChI=1S/C11H19N3O4S2/c1-12-20(17,18)11-7-4-3-6-10(11)13-8-5-9-14-19(2,15)16/h3-4,6-7,12-14H,5,8-9H2,1-2H3. The molecule has 0 radical (unpaired) electrons. The lowest BCUT2D eigenvalue weighted by molar-refractivity contribution is 0.586. The summed E-state index contributed by atoms with van der Waals surface area (Å²) in [7, 11) is -5.36. The second kappa shape index (κ2) is 7.02. The van der Waals surface area contributed by atoms with Crippen molar-refractivity contribution in [2.45, 2.75) is 11.3 Å². The molecule has 0 aromatic heterocycles. The molecular formula is C11H19N3O4S2. The fourth-order valence-electron chi connectivity index (χ4n) is 1.53. The van der Waals surface area contributed by atoms with Crippen LogP contribution in [-0.4, -0.2) is 43.2 Å². The molecule has 1 aromatic rings. The number of nitrogens with one attached hydrogen (secondary N) is 3. The summed E-state index contributed by atoms with van der Waals surface area (Å²) >= 11 is 0. The van der Waals surface area contributed by atoms with Gasteiger partial charge in [0.05, 0.1) is 11.9 Å². The van der Waals surface area contributed by atoms with Crippen LogP contribution in [0.3, 0.4) is 0 Å². The molecule has 20 heavy (non-hydrogen) atoms. The van der Waals surface area contributed by atoms with Crippen LogP contribution in [0.4, 0.5) is 5.69 Å². The lowest BCUT2D eigenvalue weighted by Crippen LogP contribution is -2.25. The Morgan fingerprint density at radius 2 is 1.70 bits per heavy atom. The average Bonchev–Trinajstić information content (AvgIpc) is 2.37. The SMILES string of the molecule is CNS(=O)(=O)c1ccccc1NCCCNS(C)(=O)=O. The normalized spacial score (nSPS) is 12.3. The Balaban J connectivity index is 2.61. The number of hydrogen-bond donors (Lipinski definition) is 3. The lowest BCUT2D eigenvalue weighted by Gasteiger charge is -2.11. The predicted octanol–water partition coefficient (Wildman–Crippen LogP) is -0.0541. The largest absolute Gasteiger partial charge is 0.384 e. The predicted molar refractivity (Wildman–Crippen MR) is 78.6 cm³/mol. The Morgan fingerprint density at radius 1 is 1.05 bits per heavy atom. The molecular weight excluding hydrogens is 302 g/mol. The van der Waals surface area contributed by atoms with Crippen molar-refractivity contribution in [1.29, 1.82) is 0 Å². The van der Waals surface area contributed by atoms with Crippen molar-refractivity contribution >= 4 is 25.7 Å². The van der Waals surface area contributed by atoms with Gasteiger partial charge in [-0.2, -0.15) is 0 Å². The van der Waals surface area contributed by atoms with Crippen molar-refractivity contribution < 1.29 is 16.8 Å². The van der Waals surface area contributed by atoms with E-state index in [4.69, 9.17) is 0 Å². The Morgan fingerprint density at radius 3 is 2.30 bits per heavy atom. The number of anilines is 1. The van der Waals surface area contributed by atoms with Gasteiger partial charge in [0.1, 0.15) is 4.90 Å². The molecule has 114 valence electrons. The maximum Gasteiger partial charge on any atom is 0.242 e. The zero-order valence-corrected chi connectivity index (χ0v) is 13.0. The van der Waals surface area contributed by atoms with E-state index in [1.807, 2.05) is 0 Å². The van der Waals surface area contributed by atoms with Gasteiger partial charge in [-0.1, -0.05) is 12.1 Å². The fourth-order valence-corrected chi connectivity index (χ4v) is 2.95. The summed E-state index contributed by atoms with van der Waals surface area (Å²) in [5.41, 5.74) is 0.487. The molecule has 7 nitrogen and oxygen atoms in total. The van der Waals surface area contributed by atoms with E-state index in [-0.39, 0.29) is 4.90 Å². The lowest BCUT2D eigenvalue weighted by atomic mass is 10.3. The quantitative estimate of drug-likeness (QED) is 0.582. The first-order chi connectivity index (χ1) is 9.26. The average molecular weight is 321 g/mol. The molecule has 0 amide bonds. The maximum atomic E-state index is 11.8. The van der Waals surface area contributed by atoms with Crippen molar-refractivity contribution in [2.75, 3.05) is 31.7 Å². The number of hydrogen-bond acceptors (Lipinski definition) is 5. The summed E-state index contributed by atoms with van der Waals surface area (Å²) < 4.78 is 50.0. The van der Waals surface area contributed by atoms with Crippen molar-refractivity contribution in [2.24, 2.45) is 0 Å². The third-order valence-electron chi connectivity index (χ3n) is 2.48. The topological polar surface area (TPSA) is 104 Å². The van der Waals surface area contributed by atoms with Crippen molar-refractivity contribution in [3.8, 4) is 0 Å². The summed E-state index contributed by atoms with van der Waals surface area (Å²) in [5, 5.41) is 2.99. The van der Waals surface area contributed by atoms with Crippen LogP contribution in [0.1, 0.15) is 6.42 Å². The molecule has 0 spiro atoms. The molecule has 0 aliphatic carbocycles. The van der Waals surface area contributed by atoms with Gasteiger partial charge in [0, 0.05) is 13.1 Å². The molecule has 0 heterocycles. The summed E-state index contributed by atoms with van der Waals surface area (Å²) in [6, 6.07) is 6.53. The van der Waals surface area contributed by atoms with E-state index in [1.165, 1.54) is 13.1 Å². The van der Waals surface area contributed by atoms with Gasteiger partial charge in [-0.25, -0.2) is 26.3 Å². The minimum absolute atomic E-state index is 0.165. The van der Waals surface area contributed by atoms with E-state index >= 15 is 0 Å². The van der Waals surface area contributed by atoms with E-state index in [1.54, 1.807) is 18.2 Å². The Labute approximate surface area is 119 Å². The Kier molecular flexibility index (Phi) is 5.93. The molecule has 9 heteroatoms. The first-order valence-electron chi connectivity index (χ1n) is 5.97. The molecule has 0 fully saturated rings. The molecule has 0 unspecified atom stereocenters. The molecule has 1 aromatic carbocycles. The van der Waals surface area contributed by atoms with Gasteiger partial charge in [-0.05, 0) is 25.6 Å². The van der Waals surface area contributed by atoms with E-state index in [9.17, 15) is 16.8 Å². The van der Waals surface area contributed by atoms with Gasteiger partial charge in [-0.3, -0.25) is 0 Å². The number of rotatable bonds is 8. The zero-order valence-electron chi connectivity index (χ0n) is 11.4. The minimum atomic E-state index is -3.52. The van der Waals surface area contributed by atoms with Gasteiger partial charge in [-0.15, -0.1) is 0 Å². The van der Waals surface area contributed by atoms with Crippen LogP contribution >= 0.6 is 0 Å². The van der Waals surface area contributed by atoms with Gasteiger partial charge >= 0.3 is 0 Å². The summed E-state index contributed by atoms with van der Waals surface area (Å²) in [6.45, 7) is 0.756. The third-order valence-corrected chi connectivity index (χ3v) is 4.68. The maximum absolute atomic E-state index is 11.8.